The summed E-state index contributed by atoms with van der Waals surface area (Å²) in [5, 5.41) is 8.87. The Labute approximate surface area is 154 Å². The third-order valence-corrected chi connectivity index (χ3v) is 5.29. The SMILES string of the molecule is Cc1ccc(C)c(Nc2nc(N3CCC(C)CC3)nc3c2cnn3C)c1. The van der Waals surface area contributed by atoms with Gasteiger partial charge in [-0.15, -0.1) is 0 Å². The molecule has 6 heteroatoms. The minimum Gasteiger partial charge on any atom is -0.341 e. The van der Waals surface area contributed by atoms with Gasteiger partial charge in [-0.2, -0.15) is 15.1 Å². The number of hydrogen-bond acceptors (Lipinski definition) is 5. The van der Waals surface area contributed by atoms with Crippen molar-refractivity contribution in [1.82, 2.24) is 19.7 Å². The van der Waals surface area contributed by atoms with Crippen LogP contribution >= 0.6 is 0 Å². The first kappa shape index (κ1) is 16.8. The molecule has 136 valence electrons. The van der Waals surface area contributed by atoms with Crippen LogP contribution in [-0.4, -0.2) is 32.8 Å². The van der Waals surface area contributed by atoms with E-state index in [9.17, 15) is 0 Å². The highest BCUT2D eigenvalue weighted by Crippen LogP contribution is 2.29. The number of nitrogens with zero attached hydrogens (tertiary/aromatic N) is 5. The highest BCUT2D eigenvalue weighted by molar-refractivity contribution is 5.89. The van der Waals surface area contributed by atoms with Crippen molar-refractivity contribution in [2.45, 2.75) is 33.6 Å². The molecule has 3 aromatic rings. The molecule has 1 N–H and O–H groups in total. The van der Waals surface area contributed by atoms with E-state index in [4.69, 9.17) is 9.97 Å². The normalized spacial score (nSPS) is 15.6. The molecule has 6 nitrogen and oxygen atoms in total. The fourth-order valence-electron chi connectivity index (χ4n) is 3.45. The minimum atomic E-state index is 0.777. The van der Waals surface area contributed by atoms with E-state index in [1.807, 2.05) is 17.9 Å². The van der Waals surface area contributed by atoms with Crippen molar-refractivity contribution < 1.29 is 0 Å². The molecule has 0 aliphatic carbocycles. The molecule has 0 atom stereocenters. The van der Waals surface area contributed by atoms with E-state index in [1.165, 1.54) is 24.0 Å². The van der Waals surface area contributed by atoms with Gasteiger partial charge < -0.3 is 10.2 Å². The van der Waals surface area contributed by atoms with Crippen LogP contribution in [0.5, 0.6) is 0 Å². The van der Waals surface area contributed by atoms with E-state index in [0.29, 0.717) is 0 Å². The molecule has 26 heavy (non-hydrogen) atoms. The highest BCUT2D eigenvalue weighted by Gasteiger charge is 2.21. The van der Waals surface area contributed by atoms with E-state index in [-0.39, 0.29) is 0 Å². The molecule has 1 aliphatic rings. The molecule has 3 heterocycles. The Morgan fingerprint density at radius 2 is 1.88 bits per heavy atom. The quantitative estimate of drug-likeness (QED) is 0.775. The second-order valence-electron chi connectivity index (χ2n) is 7.49. The van der Waals surface area contributed by atoms with E-state index in [1.54, 1.807) is 0 Å². The zero-order valence-electron chi connectivity index (χ0n) is 16.0. The van der Waals surface area contributed by atoms with Crippen molar-refractivity contribution >= 4 is 28.5 Å². The molecule has 0 radical (unpaired) electrons. The minimum absolute atomic E-state index is 0.777. The second-order valence-corrected chi connectivity index (χ2v) is 7.49. The summed E-state index contributed by atoms with van der Waals surface area (Å²) in [6, 6.07) is 6.41. The largest absolute Gasteiger partial charge is 0.341 e. The maximum Gasteiger partial charge on any atom is 0.229 e. The molecule has 0 unspecified atom stereocenters. The van der Waals surface area contributed by atoms with E-state index >= 15 is 0 Å². The predicted molar refractivity (Wildman–Crippen MR) is 106 cm³/mol. The van der Waals surface area contributed by atoms with E-state index < -0.39 is 0 Å². The van der Waals surface area contributed by atoms with Gasteiger partial charge in [-0.1, -0.05) is 19.1 Å². The van der Waals surface area contributed by atoms with Gasteiger partial charge in [0, 0.05) is 25.8 Å². The summed E-state index contributed by atoms with van der Waals surface area (Å²) >= 11 is 0. The molecule has 0 amide bonds. The van der Waals surface area contributed by atoms with Crippen LogP contribution in [0.4, 0.5) is 17.5 Å². The first-order valence-corrected chi connectivity index (χ1v) is 9.30. The lowest BCUT2D eigenvalue weighted by molar-refractivity contribution is 0.434. The Balaban J connectivity index is 1.76. The molecule has 2 aromatic heterocycles. The van der Waals surface area contributed by atoms with Crippen LogP contribution < -0.4 is 10.2 Å². The number of rotatable bonds is 3. The Kier molecular flexibility index (Phi) is 4.26. The molecule has 0 spiro atoms. The summed E-state index contributed by atoms with van der Waals surface area (Å²) in [4.78, 5) is 12.0. The summed E-state index contributed by atoms with van der Waals surface area (Å²) in [5.74, 6) is 2.39. The van der Waals surface area contributed by atoms with Crippen LogP contribution in [-0.2, 0) is 7.05 Å². The molecule has 1 aromatic carbocycles. The summed E-state index contributed by atoms with van der Waals surface area (Å²) in [7, 11) is 1.93. The van der Waals surface area contributed by atoms with Gasteiger partial charge in [-0.3, -0.25) is 4.68 Å². The molecule has 0 bridgehead atoms. The maximum absolute atomic E-state index is 4.88. The summed E-state index contributed by atoms with van der Waals surface area (Å²) < 4.78 is 1.82. The van der Waals surface area contributed by atoms with Crippen LogP contribution in [0, 0.1) is 19.8 Å². The molecule has 4 rings (SSSR count). The van der Waals surface area contributed by atoms with Crippen molar-refractivity contribution in [2.75, 3.05) is 23.3 Å². The molecule has 1 saturated heterocycles. The van der Waals surface area contributed by atoms with E-state index in [2.05, 4.69) is 54.3 Å². The van der Waals surface area contributed by atoms with Gasteiger partial charge in [0.15, 0.2) is 5.65 Å². The van der Waals surface area contributed by atoms with Crippen molar-refractivity contribution in [1.29, 1.82) is 0 Å². The van der Waals surface area contributed by atoms with Gasteiger partial charge in [-0.25, -0.2) is 0 Å². The number of aryl methyl sites for hydroxylation is 3. The molecule has 0 saturated carbocycles. The second kappa shape index (κ2) is 6.59. The van der Waals surface area contributed by atoms with Gasteiger partial charge in [0.05, 0.1) is 11.6 Å². The predicted octanol–water partition coefficient (Wildman–Crippen LogP) is 3.96. The van der Waals surface area contributed by atoms with Crippen LogP contribution in [0.15, 0.2) is 24.4 Å². The monoisotopic (exact) mass is 350 g/mol. The number of nitrogens with one attached hydrogen (secondary N) is 1. The number of hydrogen-bond donors (Lipinski definition) is 1. The standard InChI is InChI=1S/C20H26N6/c1-13-7-9-26(10-8-13)20-23-18(16-12-21-25(4)19(16)24-20)22-17-11-14(2)5-6-15(17)3/h5-6,11-13H,7-10H2,1-4H3,(H,22,23,24). The fraction of sp³-hybridized carbons (Fsp3) is 0.450. The van der Waals surface area contributed by atoms with Crippen LogP contribution in [0.25, 0.3) is 11.0 Å². The maximum atomic E-state index is 4.88. The van der Waals surface area contributed by atoms with Gasteiger partial charge in [0.25, 0.3) is 0 Å². The smallest absolute Gasteiger partial charge is 0.229 e. The summed E-state index contributed by atoms with van der Waals surface area (Å²) in [5.41, 5.74) is 4.35. The zero-order chi connectivity index (χ0) is 18.3. The molecule has 1 aliphatic heterocycles. The average Bonchev–Trinajstić information content (AvgIpc) is 3.00. The molecular formula is C20H26N6. The molecule has 1 fully saturated rings. The van der Waals surface area contributed by atoms with Crippen LogP contribution in [0.1, 0.15) is 30.9 Å². The van der Waals surface area contributed by atoms with Crippen molar-refractivity contribution in [3.8, 4) is 0 Å². The van der Waals surface area contributed by atoms with Crippen LogP contribution in [0.2, 0.25) is 0 Å². The zero-order valence-corrected chi connectivity index (χ0v) is 16.0. The fourth-order valence-corrected chi connectivity index (χ4v) is 3.45. The van der Waals surface area contributed by atoms with Crippen molar-refractivity contribution in [3.63, 3.8) is 0 Å². The Bertz CT molecular complexity index is 937. The van der Waals surface area contributed by atoms with Gasteiger partial charge in [0.2, 0.25) is 5.95 Å². The Morgan fingerprint density at radius 3 is 2.65 bits per heavy atom. The number of benzene rings is 1. The van der Waals surface area contributed by atoms with Crippen molar-refractivity contribution in [2.24, 2.45) is 13.0 Å². The average molecular weight is 350 g/mol. The lowest BCUT2D eigenvalue weighted by atomic mass is 10.00. The Hall–Kier alpha value is -2.63. The van der Waals surface area contributed by atoms with Crippen molar-refractivity contribution in [3.05, 3.63) is 35.5 Å². The van der Waals surface area contributed by atoms with E-state index in [0.717, 1.165) is 47.5 Å². The lowest BCUT2D eigenvalue weighted by Crippen LogP contribution is -2.34. The third-order valence-electron chi connectivity index (χ3n) is 5.29. The number of piperidine rings is 1. The first-order valence-electron chi connectivity index (χ1n) is 9.30. The Morgan fingerprint density at radius 1 is 1.12 bits per heavy atom. The molecular weight excluding hydrogens is 324 g/mol. The van der Waals surface area contributed by atoms with Gasteiger partial charge >= 0.3 is 0 Å². The lowest BCUT2D eigenvalue weighted by Gasteiger charge is -2.30. The number of aromatic nitrogens is 4. The summed E-state index contributed by atoms with van der Waals surface area (Å²) in [6.07, 6.45) is 4.21. The number of anilines is 3. The number of fused-ring (bicyclic) bond motifs is 1. The summed E-state index contributed by atoms with van der Waals surface area (Å²) in [6.45, 7) is 8.54. The first-order chi connectivity index (χ1) is 12.5. The highest BCUT2D eigenvalue weighted by atomic mass is 15.3. The van der Waals surface area contributed by atoms with Crippen LogP contribution in [0.3, 0.4) is 0 Å². The third kappa shape index (κ3) is 3.11. The van der Waals surface area contributed by atoms with Gasteiger partial charge in [0.1, 0.15) is 5.82 Å². The van der Waals surface area contributed by atoms with Gasteiger partial charge in [-0.05, 0) is 49.8 Å². The topological polar surface area (TPSA) is 58.9 Å².